The van der Waals surface area contributed by atoms with Gasteiger partial charge in [-0.05, 0) is 67.1 Å². The monoisotopic (exact) mass is 478 g/mol. The molecule has 1 saturated heterocycles. The van der Waals surface area contributed by atoms with E-state index < -0.39 is 26.4 Å². The molecule has 1 fully saturated rings. The molecule has 6 nitrogen and oxygen atoms in total. The van der Waals surface area contributed by atoms with Crippen LogP contribution in [0, 0.1) is 17.6 Å². The van der Waals surface area contributed by atoms with E-state index in [1.54, 1.807) is 17.0 Å². The summed E-state index contributed by atoms with van der Waals surface area (Å²) in [5, 5.41) is 0. The van der Waals surface area contributed by atoms with Gasteiger partial charge in [0, 0.05) is 31.4 Å². The highest BCUT2D eigenvalue weighted by Gasteiger charge is 2.32. The van der Waals surface area contributed by atoms with Crippen LogP contribution >= 0.6 is 0 Å². The molecule has 2 aromatic rings. The lowest BCUT2D eigenvalue weighted by molar-refractivity contribution is 0.0833. The molecule has 33 heavy (non-hydrogen) atoms. The average Bonchev–Trinajstić information content (AvgIpc) is 3.22. The number of hydrogen-bond acceptors (Lipinski definition) is 5. The Kier molecular flexibility index (Phi) is 6.61. The number of benzene rings is 2. The molecule has 2 aromatic carbocycles. The number of fused-ring (bicyclic) bond motifs is 1. The van der Waals surface area contributed by atoms with Crippen molar-refractivity contribution in [3.05, 3.63) is 53.6 Å². The Morgan fingerprint density at radius 2 is 1.82 bits per heavy atom. The number of carbonyl (C=O) groups is 1. The van der Waals surface area contributed by atoms with Crippen molar-refractivity contribution in [2.45, 2.75) is 48.9 Å². The zero-order chi connectivity index (χ0) is 23.8. The van der Waals surface area contributed by atoms with Gasteiger partial charge in [-0.15, -0.1) is 0 Å². The summed E-state index contributed by atoms with van der Waals surface area (Å²) in [6.45, 7) is 6.36. The first kappa shape index (κ1) is 23.5. The molecule has 2 heterocycles. The lowest BCUT2D eigenvalue weighted by Gasteiger charge is -2.37. The average molecular weight is 479 g/mol. The van der Waals surface area contributed by atoms with Crippen molar-refractivity contribution in [1.29, 1.82) is 0 Å². The topological polar surface area (TPSA) is 66.9 Å². The fourth-order valence-electron chi connectivity index (χ4n) is 4.45. The number of anilines is 1. The number of hydrogen-bond donors (Lipinski definition) is 0. The third-order valence-corrected chi connectivity index (χ3v) is 7.95. The second-order valence-corrected chi connectivity index (χ2v) is 10.9. The van der Waals surface area contributed by atoms with E-state index in [1.807, 2.05) is 13.8 Å². The first-order valence-corrected chi connectivity index (χ1v) is 12.7. The minimum atomic E-state index is -4.18. The molecular formula is C24H28F2N2O4S. The summed E-state index contributed by atoms with van der Waals surface area (Å²) in [5.74, 6) is -1.49. The Hall–Kier alpha value is -2.68. The second kappa shape index (κ2) is 9.29. The van der Waals surface area contributed by atoms with Crippen LogP contribution in [-0.2, 0) is 21.0 Å². The van der Waals surface area contributed by atoms with Gasteiger partial charge in [-0.25, -0.2) is 22.0 Å². The van der Waals surface area contributed by atoms with Gasteiger partial charge in [0.05, 0.1) is 11.5 Å². The van der Waals surface area contributed by atoms with E-state index in [4.69, 9.17) is 4.74 Å². The Balaban J connectivity index is 1.46. The number of nitrogens with zero attached hydrogens (tertiary/aromatic N) is 2. The van der Waals surface area contributed by atoms with Gasteiger partial charge >= 0.3 is 6.09 Å². The Bertz CT molecular complexity index is 1150. The summed E-state index contributed by atoms with van der Waals surface area (Å²) < 4.78 is 58.8. The number of rotatable bonds is 5. The molecule has 178 valence electrons. The zero-order valence-corrected chi connectivity index (χ0v) is 19.6. The van der Waals surface area contributed by atoms with Crippen LogP contribution in [0.1, 0.15) is 32.3 Å². The highest BCUT2D eigenvalue weighted by atomic mass is 32.2. The SMILES string of the molecule is CC(C)COC(=O)N1CCC(N2CCc3cc(S(=O)(=O)c4cc(F)ccc4F)ccc32)CC1. The molecular weight excluding hydrogens is 450 g/mol. The van der Waals surface area contributed by atoms with Crippen LogP contribution in [0.2, 0.25) is 0 Å². The highest BCUT2D eigenvalue weighted by molar-refractivity contribution is 7.91. The number of sulfone groups is 1. The minimum absolute atomic E-state index is 0.0460. The van der Waals surface area contributed by atoms with Crippen LogP contribution in [0.4, 0.5) is 19.3 Å². The summed E-state index contributed by atoms with van der Waals surface area (Å²) >= 11 is 0. The van der Waals surface area contributed by atoms with Crippen molar-refractivity contribution in [2.75, 3.05) is 31.1 Å². The Morgan fingerprint density at radius 3 is 2.52 bits per heavy atom. The fraction of sp³-hybridized carbons (Fsp3) is 0.458. The van der Waals surface area contributed by atoms with Gasteiger partial charge in [-0.2, -0.15) is 0 Å². The normalized spacial score (nSPS) is 16.9. The van der Waals surface area contributed by atoms with Gasteiger partial charge in [0.2, 0.25) is 9.84 Å². The maximum absolute atomic E-state index is 14.1. The molecule has 9 heteroatoms. The van der Waals surface area contributed by atoms with Gasteiger partial charge < -0.3 is 14.5 Å². The number of likely N-dealkylation sites (tertiary alicyclic amines) is 1. The summed E-state index contributed by atoms with van der Waals surface area (Å²) in [5.41, 5.74) is 1.82. The molecule has 0 spiro atoms. The lowest BCUT2D eigenvalue weighted by atomic mass is 10.0. The number of carbonyl (C=O) groups excluding carboxylic acids is 1. The molecule has 0 unspecified atom stereocenters. The molecule has 0 bridgehead atoms. The van der Waals surface area contributed by atoms with Crippen molar-refractivity contribution < 1.29 is 26.7 Å². The predicted molar refractivity (Wildman–Crippen MR) is 120 cm³/mol. The number of piperidine rings is 1. The van der Waals surface area contributed by atoms with Gasteiger partial charge in [0.25, 0.3) is 0 Å². The molecule has 0 aliphatic carbocycles. The summed E-state index contributed by atoms with van der Waals surface area (Å²) in [4.78, 5) is 15.5. The predicted octanol–water partition coefficient (Wildman–Crippen LogP) is 4.42. The van der Waals surface area contributed by atoms with Crippen molar-refractivity contribution in [3.8, 4) is 0 Å². The third kappa shape index (κ3) is 4.83. The Morgan fingerprint density at radius 1 is 1.09 bits per heavy atom. The maximum atomic E-state index is 14.1. The third-order valence-electron chi connectivity index (χ3n) is 6.18. The molecule has 1 amide bonds. The van der Waals surface area contributed by atoms with Crippen molar-refractivity contribution in [1.82, 2.24) is 4.90 Å². The number of halogens is 2. The standard InChI is InChI=1S/C24H28F2N2O4S/c1-16(2)15-32-24(29)27-10-8-19(9-11-27)28-12-7-17-13-20(4-6-22(17)28)33(30,31)23-14-18(25)3-5-21(23)26/h3-6,13-14,16,19H,7-12,15H2,1-2H3. The Labute approximate surface area is 193 Å². The first-order valence-electron chi connectivity index (χ1n) is 11.2. The van der Waals surface area contributed by atoms with Gasteiger partial charge in [0.1, 0.15) is 16.5 Å². The van der Waals surface area contributed by atoms with Crippen LogP contribution in [0.25, 0.3) is 0 Å². The second-order valence-electron chi connectivity index (χ2n) is 9.00. The maximum Gasteiger partial charge on any atom is 0.409 e. The van der Waals surface area contributed by atoms with E-state index in [2.05, 4.69) is 4.90 Å². The van der Waals surface area contributed by atoms with Gasteiger partial charge in [0.15, 0.2) is 0 Å². The van der Waals surface area contributed by atoms with Crippen molar-refractivity contribution in [3.63, 3.8) is 0 Å². The van der Waals surface area contributed by atoms with Crippen LogP contribution in [-0.4, -0.2) is 51.7 Å². The molecule has 0 radical (unpaired) electrons. The molecule has 0 atom stereocenters. The first-order chi connectivity index (χ1) is 15.7. The van der Waals surface area contributed by atoms with Gasteiger partial charge in [-0.1, -0.05) is 13.8 Å². The van der Waals surface area contributed by atoms with Crippen molar-refractivity contribution >= 4 is 21.6 Å². The fourth-order valence-corrected chi connectivity index (χ4v) is 5.84. The molecule has 2 aliphatic heterocycles. The van der Waals surface area contributed by atoms with E-state index >= 15 is 0 Å². The van der Waals surface area contributed by atoms with E-state index in [1.165, 1.54) is 6.07 Å². The molecule has 0 saturated carbocycles. The zero-order valence-electron chi connectivity index (χ0n) is 18.8. The minimum Gasteiger partial charge on any atom is -0.449 e. The van der Waals surface area contributed by atoms with E-state index in [0.717, 1.165) is 42.8 Å². The van der Waals surface area contributed by atoms with E-state index in [0.29, 0.717) is 38.1 Å². The van der Waals surface area contributed by atoms with Gasteiger partial charge in [-0.3, -0.25) is 0 Å². The molecule has 0 aromatic heterocycles. The highest BCUT2D eigenvalue weighted by Crippen LogP contribution is 2.35. The molecule has 4 rings (SSSR count). The van der Waals surface area contributed by atoms with Crippen molar-refractivity contribution in [2.24, 2.45) is 5.92 Å². The van der Waals surface area contributed by atoms with Crippen LogP contribution in [0.3, 0.4) is 0 Å². The molecule has 2 aliphatic rings. The molecule has 0 N–H and O–H groups in total. The van der Waals surface area contributed by atoms with E-state index in [-0.39, 0.29) is 17.0 Å². The number of amides is 1. The lowest BCUT2D eigenvalue weighted by Crippen LogP contribution is -2.46. The van der Waals surface area contributed by atoms with Crippen LogP contribution < -0.4 is 4.90 Å². The summed E-state index contributed by atoms with van der Waals surface area (Å²) in [6, 6.07) is 7.43. The summed E-state index contributed by atoms with van der Waals surface area (Å²) in [7, 11) is -4.18. The smallest absolute Gasteiger partial charge is 0.409 e. The largest absolute Gasteiger partial charge is 0.449 e. The quantitative estimate of drug-likeness (QED) is 0.637. The van der Waals surface area contributed by atoms with Crippen LogP contribution in [0.5, 0.6) is 0 Å². The van der Waals surface area contributed by atoms with E-state index in [9.17, 15) is 22.0 Å². The van der Waals surface area contributed by atoms with Crippen LogP contribution in [0.15, 0.2) is 46.2 Å². The number of ether oxygens (including phenoxy) is 1. The summed E-state index contributed by atoms with van der Waals surface area (Å²) in [6.07, 6.45) is 1.99.